The normalized spacial score (nSPS) is 43.7. The molecule has 4 saturated carbocycles. The Morgan fingerprint density at radius 1 is 0.947 bits per heavy atom. The van der Waals surface area contributed by atoms with Gasteiger partial charge in [0.1, 0.15) is 0 Å². The van der Waals surface area contributed by atoms with Crippen molar-refractivity contribution < 1.29 is 0 Å². The zero-order chi connectivity index (χ0) is 13.0. The lowest BCUT2D eigenvalue weighted by Crippen LogP contribution is -2.58. The number of aryl methyl sites for hydroxylation is 1. The fourth-order valence-electron chi connectivity index (χ4n) is 5.81. The van der Waals surface area contributed by atoms with Gasteiger partial charge in [-0.25, -0.2) is 0 Å². The zero-order valence-electron chi connectivity index (χ0n) is 11.9. The lowest BCUT2D eigenvalue weighted by Gasteiger charge is -2.61. The summed E-state index contributed by atoms with van der Waals surface area (Å²) in [6, 6.07) is 9.28. The highest BCUT2D eigenvalue weighted by molar-refractivity contribution is 5.33. The molecule has 1 aromatic rings. The molecule has 1 nitrogen and oxygen atoms in total. The molecular formula is C18H25N. The van der Waals surface area contributed by atoms with Gasteiger partial charge in [-0.15, -0.1) is 0 Å². The van der Waals surface area contributed by atoms with Crippen LogP contribution in [0.15, 0.2) is 24.3 Å². The summed E-state index contributed by atoms with van der Waals surface area (Å²) in [6.45, 7) is 3.03. The highest BCUT2D eigenvalue weighted by Gasteiger charge is 2.56. The van der Waals surface area contributed by atoms with Crippen molar-refractivity contribution in [3.05, 3.63) is 35.4 Å². The van der Waals surface area contributed by atoms with E-state index in [1.807, 2.05) is 0 Å². The van der Waals surface area contributed by atoms with E-state index in [-0.39, 0.29) is 0 Å². The van der Waals surface area contributed by atoms with Gasteiger partial charge in [-0.3, -0.25) is 0 Å². The summed E-state index contributed by atoms with van der Waals surface area (Å²) in [5.41, 5.74) is 9.56. The molecule has 0 unspecified atom stereocenters. The molecule has 0 atom stereocenters. The van der Waals surface area contributed by atoms with Gasteiger partial charge in [-0.05, 0) is 68.3 Å². The van der Waals surface area contributed by atoms with Crippen molar-refractivity contribution in [2.45, 2.75) is 44.4 Å². The molecule has 1 aromatic carbocycles. The van der Waals surface area contributed by atoms with Crippen LogP contribution in [-0.4, -0.2) is 6.54 Å². The second-order valence-electron chi connectivity index (χ2n) is 7.41. The Balaban J connectivity index is 1.79. The van der Waals surface area contributed by atoms with E-state index < -0.39 is 0 Å². The summed E-state index contributed by atoms with van der Waals surface area (Å²) in [6.07, 6.45) is 7.29. The van der Waals surface area contributed by atoms with Gasteiger partial charge in [0.15, 0.2) is 0 Å². The summed E-state index contributed by atoms with van der Waals surface area (Å²) in [4.78, 5) is 0. The van der Waals surface area contributed by atoms with Gasteiger partial charge in [0.25, 0.3) is 0 Å². The Morgan fingerprint density at radius 3 is 1.95 bits per heavy atom. The highest BCUT2D eigenvalue weighted by Crippen LogP contribution is 2.62. The molecule has 4 aliphatic rings. The van der Waals surface area contributed by atoms with Gasteiger partial charge in [-0.2, -0.15) is 0 Å². The molecule has 19 heavy (non-hydrogen) atoms. The van der Waals surface area contributed by atoms with Crippen molar-refractivity contribution in [2.75, 3.05) is 6.54 Å². The van der Waals surface area contributed by atoms with Crippen LogP contribution < -0.4 is 5.73 Å². The summed E-state index contributed by atoms with van der Waals surface area (Å²) < 4.78 is 0. The van der Waals surface area contributed by atoms with Gasteiger partial charge in [0, 0.05) is 12.0 Å². The maximum absolute atomic E-state index is 6.36. The van der Waals surface area contributed by atoms with E-state index in [9.17, 15) is 0 Å². The van der Waals surface area contributed by atoms with Gasteiger partial charge in [0.2, 0.25) is 0 Å². The van der Waals surface area contributed by atoms with Crippen molar-refractivity contribution in [3.8, 4) is 0 Å². The smallest absolute Gasteiger partial charge is 0.0132 e. The van der Waals surface area contributed by atoms with E-state index in [4.69, 9.17) is 5.73 Å². The number of benzene rings is 1. The summed E-state index contributed by atoms with van der Waals surface area (Å²) in [7, 11) is 0. The van der Waals surface area contributed by atoms with E-state index >= 15 is 0 Å². The van der Waals surface area contributed by atoms with Crippen LogP contribution in [0, 0.1) is 30.6 Å². The molecule has 5 rings (SSSR count). The maximum Gasteiger partial charge on any atom is 0.0132 e. The van der Waals surface area contributed by atoms with Gasteiger partial charge in [-0.1, -0.05) is 29.8 Å². The standard InChI is InChI=1S/C18H25N/c1-12-2-4-15(5-3-12)18(11-19)16-7-13-6-14(9-16)10-17(18)8-13/h2-5,13-14,16-17H,6-11,19H2,1H3. The predicted octanol–water partition coefficient (Wildman–Crippen LogP) is 3.65. The van der Waals surface area contributed by atoms with E-state index in [0.29, 0.717) is 5.41 Å². The average Bonchev–Trinajstić information content (AvgIpc) is 2.40. The first-order valence-electron chi connectivity index (χ1n) is 7.99. The summed E-state index contributed by atoms with van der Waals surface area (Å²) in [5, 5.41) is 0. The molecule has 0 heterocycles. The highest BCUT2D eigenvalue weighted by atomic mass is 14.7. The Kier molecular flexibility index (Phi) is 2.57. The van der Waals surface area contributed by atoms with Gasteiger partial charge in [0.05, 0.1) is 0 Å². The maximum atomic E-state index is 6.36. The molecule has 102 valence electrons. The van der Waals surface area contributed by atoms with Crippen LogP contribution in [0.3, 0.4) is 0 Å². The van der Waals surface area contributed by atoms with Crippen LogP contribution in [0.1, 0.15) is 43.2 Å². The van der Waals surface area contributed by atoms with Crippen LogP contribution in [0.5, 0.6) is 0 Å². The molecule has 0 saturated heterocycles. The van der Waals surface area contributed by atoms with Crippen molar-refractivity contribution in [2.24, 2.45) is 29.4 Å². The summed E-state index contributed by atoms with van der Waals surface area (Å²) >= 11 is 0. The Bertz CT molecular complexity index is 445. The average molecular weight is 255 g/mol. The molecule has 0 spiro atoms. The molecular weight excluding hydrogens is 230 g/mol. The number of hydrogen-bond acceptors (Lipinski definition) is 1. The fourth-order valence-corrected chi connectivity index (χ4v) is 5.81. The molecule has 4 fully saturated rings. The number of nitrogens with two attached hydrogens (primary N) is 1. The third-order valence-corrected chi connectivity index (χ3v) is 6.52. The summed E-state index contributed by atoms with van der Waals surface area (Å²) in [5.74, 6) is 3.76. The zero-order valence-corrected chi connectivity index (χ0v) is 11.9. The fraction of sp³-hybridized carbons (Fsp3) is 0.667. The largest absolute Gasteiger partial charge is 0.330 e. The van der Waals surface area contributed by atoms with Crippen molar-refractivity contribution in [1.82, 2.24) is 0 Å². The van der Waals surface area contributed by atoms with Crippen molar-refractivity contribution >= 4 is 0 Å². The van der Waals surface area contributed by atoms with E-state index in [2.05, 4.69) is 31.2 Å². The Hall–Kier alpha value is -0.820. The molecule has 2 N–H and O–H groups in total. The molecule has 0 radical (unpaired) electrons. The van der Waals surface area contributed by atoms with Gasteiger partial charge < -0.3 is 5.73 Å². The quantitative estimate of drug-likeness (QED) is 0.857. The van der Waals surface area contributed by atoms with Crippen LogP contribution in [0.4, 0.5) is 0 Å². The lowest BCUT2D eigenvalue weighted by molar-refractivity contribution is -0.0567. The minimum Gasteiger partial charge on any atom is -0.330 e. The first-order chi connectivity index (χ1) is 9.22. The molecule has 0 aromatic heterocycles. The van der Waals surface area contributed by atoms with Crippen molar-refractivity contribution in [1.29, 1.82) is 0 Å². The third kappa shape index (κ3) is 1.57. The SMILES string of the molecule is Cc1ccc(C2(CN)C3CC4CC(C3)CC2C4)cc1. The second-order valence-corrected chi connectivity index (χ2v) is 7.41. The van der Waals surface area contributed by atoms with Crippen LogP contribution in [0.25, 0.3) is 0 Å². The number of hydrogen-bond donors (Lipinski definition) is 1. The Morgan fingerprint density at radius 2 is 1.47 bits per heavy atom. The van der Waals surface area contributed by atoms with E-state index in [1.54, 1.807) is 0 Å². The molecule has 4 aliphatic carbocycles. The third-order valence-electron chi connectivity index (χ3n) is 6.52. The van der Waals surface area contributed by atoms with Crippen LogP contribution >= 0.6 is 0 Å². The predicted molar refractivity (Wildman–Crippen MR) is 79.0 cm³/mol. The molecule has 0 aliphatic heterocycles. The lowest BCUT2D eigenvalue weighted by atomic mass is 9.44. The second kappa shape index (κ2) is 4.09. The molecule has 4 bridgehead atoms. The first-order valence-corrected chi connectivity index (χ1v) is 7.99. The van der Waals surface area contributed by atoms with E-state index in [0.717, 1.165) is 30.2 Å². The van der Waals surface area contributed by atoms with Crippen LogP contribution in [0.2, 0.25) is 0 Å². The minimum atomic E-state index is 0.307. The van der Waals surface area contributed by atoms with Gasteiger partial charge >= 0.3 is 0 Å². The first kappa shape index (κ1) is 12.0. The topological polar surface area (TPSA) is 26.0 Å². The van der Waals surface area contributed by atoms with E-state index in [1.165, 1.54) is 43.2 Å². The Labute approximate surface area is 116 Å². The molecule has 1 heteroatoms. The minimum absolute atomic E-state index is 0.307. The monoisotopic (exact) mass is 255 g/mol. The van der Waals surface area contributed by atoms with Crippen molar-refractivity contribution in [3.63, 3.8) is 0 Å². The molecule has 0 amide bonds. The number of rotatable bonds is 2. The van der Waals surface area contributed by atoms with Crippen LogP contribution in [-0.2, 0) is 5.41 Å².